The summed E-state index contributed by atoms with van der Waals surface area (Å²) in [4.78, 5) is -3.97. The van der Waals surface area contributed by atoms with Crippen molar-refractivity contribution in [3.05, 3.63) is 22.8 Å². The minimum atomic E-state index is -4.99. The summed E-state index contributed by atoms with van der Waals surface area (Å²) in [6.07, 6.45) is -0.111. The molecule has 0 spiro atoms. The van der Waals surface area contributed by atoms with E-state index in [0.717, 1.165) is 0 Å². The Labute approximate surface area is 91.0 Å². The first kappa shape index (κ1) is 13.1. The van der Waals surface area contributed by atoms with E-state index < -0.39 is 42.3 Å². The minimum absolute atomic E-state index is 0.506. The predicted molar refractivity (Wildman–Crippen MR) is 51.5 cm³/mol. The standard InChI is InChI=1S/C6H8O8S2/c7-4-1-2-6(8,16(12,13)14)3-5(4)15(9,10)11/h1-2,7-8H,3H2,(H,9,10,11)(H,12,13,14). The van der Waals surface area contributed by atoms with Crippen molar-refractivity contribution >= 4 is 20.2 Å². The Kier molecular flexibility index (Phi) is 2.90. The molecule has 1 aliphatic rings. The third kappa shape index (κ3) is 2.25. The molecule has 0 heterocycles. The molecule has 1 aliphatic carbocycles. The van der Waals surface area contributed by atoms with Crippen molar-refractivity contribution in [1.29, 1.82) is 0 Å². The number of aliphatic hydroxyl groups is 2. The van der Waals surface area contributed by atoms with Crippen molar-refractivity contribution in [1.82, 2.24) is 0 Å². The lowest BCUT2D eigenvalue weighted by molar-refractivity contribution is 0.158. The lowest BCUT2D eigenvalue weighted by Crippen LogP contribution is -2.39. The third-order valence-corrected chi connectivity index (χ3v) is 4.11. The van der Waals surface area contributed by atoms with Crippen molar-refractivity contribution in [2.24, 2.45) is 0 Å². The van der Waals surface area contributed by atoms with Crippen molar-refractivity contribution in [2.75, 3.05) is 0 Å². The second-order valence-electron chi connectivity index (χ2n) is 3.11. The Morgan fingerprint density at radius 2 is 1.69 bits per heavy atom. The molecule has 8 nitrogen and oxygen atoms in total. The molecule has 0 saturated heterocycles. The van der Waals surface area contributed by atoms with Crippen LogP contribution in [-0.4, -0.2) is 41.1 Å². The van der Waals surface area contributed by atoms with Crippen molar-refractivity contribution < 1.29 is 36.2 Å². The zero-order valence-corrected chi connectivity index (χ0v) is 9.23. The summed E-state index contributed by atoms with van der Waals surface area (Å²) in [5.41, 5.74) is 0. The number of rotatable bonds is 2. The second-order valence-corrected chi connectivity index (χ2v) is 6.21. The van der Waals surface area contributed by atoms with Gasteiger partial charge in [-0.3, -0.25) is 9.11 Å². The van der Waals surface area contributed by atoms with Gasteiger partial charge in [0.2, 0.25) is 4.93 Å². The van der Waals surface area contributed by atoms with Gasteiger partial charge in [0.1, 0.15) is 10.7 Å². The van der Waals surface area contributed by atoms with E-state index in [1.807, 2.05) is 0 Å². The summed E-state index contributed by atoms with van der Waals surface area (Å²) in [6, 6.07) is 0. The number of hydrogen-bond donors (Lipinski definition) is 4. The van der Waals surface area contributed by atoms with E-state index in [-0.39, 0.29) is 0 Å². The first-order chi connectivity index (χ1) is 6.97. The average molecular weight is 272 g/mol. The molecule has 4 N–H and O–H groups in total. The summed E-state index contributed by atoms with van der Waals surface area (Å²) >= 11 is 0. The SMILES string of the molecule is O=S(=O)(O)C1=C(O)C=CC(O)(S(=O)(=O)O)C1. The van der Waals surface area contributed by atoms with Gasteiger partial charge in [0, 0.05) is 6.42 Å². The topological polar surface area (TPSA) is 149 Å². The molecule has 0 radical (unpaired) electrons. The third-order valence-electron chi connectivity index (χ3n) is 1.96. The van der Waals surface area contributed by atoms with E-state index in [2.05, 4.69) is 0 Å². The molecule has 0 saturated carbocycles. The van der Waals surface area contributed by atoms with Crippen LogP contribution in [0.4, 0.5) is 0 Å². The molecule has 0 aliphatic heterocycles. The minimum Gasteiger partial charge on any atom is -0.507 e. The maximum atomic E-state index is 10.8. The van der Waals surface area contributed by atoms with Crippen LogP contribution in [0.25, 0.3) is 0 Å². The molecule has 0 aromatic heterocycles. The van der Waals surface area contributed by atoms with Gasteiger partial charge in [-0.15, -0.1) is 0 Å². The zero-order valence-electron chi connectivity index (χ0n) is 7.60. The van der Waals surface area contributed by atoms with Gasteiger partial charge in [-0.1, -0.05) is 0 Å². The Bertz CT molecular complexity index is 566. The van der Waals surface area contributed by atoms with Crippen LogP contribution < -0.4 is 0 Å². The van der Waals surface area contributed by atoms with Crippen LogP contribution in [0.2, 0.25) is 0 Å². The molecule has 1 unspecified atom stereocenters. The normalized spacial score (nSPS) is 27.2. The lowest BCUT2D eigenvalue weighted by atomic mass is 10.1. The summed E-state index contributed by atoms with van der Waals surface area (Å²) < 4.78 is 60.3. The highest BCUT2D eigenvalue weighted by molar-refractivity contribution is 7.90. The zero-order chi connectivity index (χ0) is 12.8. The fraction of sp³-hybridized carbons (Fsp3) is 0.333. The quantitative estimate of drug-likeness (QED) is 0.476. The molecule has 16 heavy (non-hydrogen) atoms. The van der Waals surface area contributed by atoms with E-state index in [0.29, 0.717) is 12.2 Å². The molecule has 92 valence electrons. The molecule has 0 aromatic rings. The van der Waals surface area contributed by atoms with E-state index >= 15 is 0 Å². The van der Waals surface area contributed by atoms with Crippen LogP contribution in [0.1, 0.15) is 6.42 Å². The fourth-order valence-electron chi connectivity index (χ4n) is 1.08. The van der Waals surface area contributed by atoms with Crippen LogP contribution in [-0.2, 0) is 20.2 Å². The van der Waals surface area contributed by atoms with Gasteiger partial charge in [0.15, 0.2) is 0 Å². The van der Waals surface area contributed by atoms with E-state index in [1.54, 1.807) is 0 Å². The summed E-state index contributed by atoms with van der Waals surface area (Å²) in [5, 5.41) is 18.5. The van der Waals surface area contributed by atoms with Gasteiger partial charge in [0.05, 0.1) is 0 Å². The highest BCUT2D eigenvalue weighted by atomic mass is 32.2. The van der Waals surface area contributed by atoms with Gasteiger partial charge >= 0.3 is 0 Å². The van der Waals surface area contributed by atoms with Gasteiger partial charge in [0.25, 0.3) is 20.2 Å². The molecule has 0 aromatic carbocycles. The predicted octanol–water partition coefficient (Wildman–Crippen LogP) is -0.820. The highest BCUT2D eigenvalue weighted by Crippen LogP contribution is 2.32. The van der Waals surface area contributed by atoms with Crippen LogP contribution >= 0.6 is 0 Å². The number of aliphatic hydroxyl groups excluding tert-OH is 1. The molecular weight excluding hydrogens is 264 g/mol. The molecule has 1 rings (SSSR count). The fourth-order valence-corrected chi connectivity index (χ4v) is 2.48. The molecule has 1 atom stereocenters. The molecule has 0 amide bonds. The monoisotopic (exact) mass is 272 g/mol. The van der Waals surface area contributed by atoms with Gasteiger partial charge in [-0.05, 0) is 12.2 Å². The van der Waals surface area contributed by atoms with Crippen LogP contribution in [0.5, 0.6) is 0 Å². The van der Waals surface area contributed by atoms with Crippen LogP contribution in [0.15, 0.2) is 22.8 Å². The Morgan fingerprint density at radius 3 is 2.06 bits per heavy atom. The first-order valence-electron chi connectivity index (χ1n) is 3.76. The largest absolute Gasteiger partial charge is 0.507 e. The van der Waals surface area contributed by atoms with Gasteiger partial charge < -0.3 is 10.2 Å². The number of allylic oxidation sites excluding steroid dienone is 1. The molecule has 0 bridgehead atoms. The van der Waals surface area contributed by atoms with Crippen molar-refractivity contribution in [3.8, 4) is 0 Å². The van der Waals surface area contributed by atoms with Crippen LogP contribution in [0, 0.1) is 0 Å². The Balaban J connectivity index is 3.35. The smallest absolute Gasteiger partial charge is 0.299 e. The lowest BCUT2D eigenvalue weighted by Gasteiger charge is -2.24. The highest BCUT2D eigenvalue weighted by Gasteiger charge is 2.44. The van der Waals surface area contributed by atoms with Crippen molar-refractivity contribution in [2.45, 2.75) is 11.4 Å². The van der Waals surface area contributed by atoms with Gasteiger partial charge in [-0.2, -0.15) is 16.8 Å². The second kappa shape index (κ2) is 3.53. The van der Waals surface area contributed by atoms with Crippen molar-refractivity contribution in [3.63, 3.8) is 0 Å². The Hall–Kier alpha value is -0.940. The van der Waals surface area contributed by atoms with E-state index in [9.17, 15) is 21.9 Å². The summed E-state index contributed by atoms with van der Waals surface area (Å²) in [5.74, 6) is -0.907. The molecular formula is C6H8O8S2. The first-order valence-corrected chi connectivity index (χ1v) is 6.64. The molecule has 10 heteroatoms. The van der Waals surface area contributed by atoms with Gasteiger partial charge in [-0.25, -0.2) is 0 Å². The van der Waals surface area contributed by atoms with E-state index in [1.165, 1.54) is 0 Å². The molecule has 0 fully saturated rings. The van der Waals surface area contributed by atoms with E-state index in [4.69, 9.17) is 14.2 Å². The average Bonchev–Trinajstić information content (AvgIpc) is 2.05. The number of hydrogen-bond acceptors (Lipinski definition) is 6. The maximum Gasteiger partial charge on any atom is 0.299 e. The van der Waals surface area contributed by atoms with Crippen LogP contribution in [0.3, 0.4) is 0 Å². The summed E-state index contributed by atoms with van der Waals surface area (Å²) in [7, 11) is -9.86. The Morgan fingerprint density at radius 1 is 1.19 bits per heavy atom. The maximum absolute atomic E-state index is 10.8. The summed E-state index contributed by atoms with van der Waals surface area (Å²) in [6.45, 7) is 0.